The van der Waals surface area contributed by atoms with E-state index in [0.717, 1.165) is 6.42 Å². The molecule has 0 spiro atoms. The minimum absolute atomic E-state index is 0.164. The first-order valence-electron chi connectivity index (χ1n) is 4.01. The summed E-state index contributed by atoms with van der Waals surface area (Å²) in [4.78, 5) is 3.93. The predicted molar refractivity (Wildman–Crippen MR) is 62.5 cm³/mol. The van der Waals surface area contributed by atoms with Crippen molar-refractivity contribution in [1.29, 1.82) is 0 Å². The van der Waals surface area contributed by atoms with Crippen molar-refractivity contribution >= 4 is 34.2 Å². The SMILES string of the molecule is O[C@@H](CCl)[C@@H](I)Cc1ccncc1. The monoisotopic (exact) mass is 311 g/mol. The van der Waals surface area contributed by atoms with Gasteiger partial charge in [0, 0.05) is 22.2 Å². The van der Waals surface area contributed by atoms with Gasteiger partial charge in [-0.15, -0.1) is 11.6 Å². The summed E-state index contributed by atoms with van der Waals surface area (Å²) in [6, 6.07) is 3.90. The van der Waals surface area contributed by atoms with Crippen molar-refractivity contribution in [1.82, 2.24) is 4.98 Å². The van der Waals surface area contributed by atoms with Gasteiger partial charge in [0.1, 0.15) is 0 Å². The molecule has 2 nitrogen and oxygen atoms in total. The average Bonchev–Trinajstić information content (AvgIpc) is 2.18. The second kappa shape index (κ2) is 5.78. The van der Waals surface area contributed by atoms with E-state index < -0.39 is 6.10 Å². The quantitative estimate of drug-likeness (QED) is 0.682. The van der Waals surface area contributed by atoms with Crippen molar-refractivity contribution < 1.29 is 5.11 Å². The molecule has 0 saturated carbocycles. The Kier molecular flexibility index (Phi) is 4.98. The number of rotatable bonds is 4. The lowest BCUT2D eigenvalue weighted by molar-refractivity contribution is 0.199. The Morgan fingerprint density at radius 3 is 2.62 bits per heavy atom. The molecule has 1 rings (SSSR count). The van der Waals surface area contributed by atoms with Crippen LogP contribution in [-0.2, 0) is 6.42 Å². The molecule has 1 heterocycles. The highest BCUT2D eigenvalue weighted by molar-refractivity contribution is 14.1. The van der Waals surface area contributed by atoms with Gasteiger partial charge in [0.15, 0.2) is 0 Å². The molecule has 1 aromatic heterocycles. The second-order valence-corrected chi connectivity index (χ2v) is 4.71. The molecule has 1 N–H and O–H groups in total. The van der Waals surface area contributed by atoms with E-state index in [1.165, 1.54) is 5.56 Å². The fourth-order valence-corrected chi connectivity index (χ4v) is 2.26. The molecule has 0 saturated heterocycles. The molecule has 0 bridgehead atoms. The van der Waals surface area contributed by atoms with E-state index in [9.17, 15) is 5.11 Å². The van der Waals surface area contributed by atoms with Crippen LogP contribution in [0.2, 0.25) is 0 Å². The normalized spacial score (nSPS) is 15.3. The Morgan fingerprint density at radius 1 is 1.46 bits per heavy atom. The van der Waals surface area contributed by atoms with E-state index >= 15 is 0 Å². The van der Waals surface area contributed by atoms with E-state index in [-0.39, 0.29) is 3.92 Å². The van der Waals surface area contributed by atoms with Crippen molar-refractivity contribution in [3.8, 4) is 0 Å². The van der Waals surface area contributed by atoms with Gasteiger partial charge in [0.2, 0.25) is 0 Å². The topological polar surface area (TPSA) is 33.1 Å². The van der Waals surface area contributed by atoms with Gasteiger partial charge in [0.25, 0.3) is 0 Å². The molecule has 4 heteroatoms. The maximum absolute atomic E-state index is 9.43. The number of nitrogens with zero attached hydrogens (tertiary/aromatic N) is 1. The molecule has 0 aliphatic rings. The minimum atomic E-state index is -0.435. The number of pyridine rings is 1. The van der Waals surface area contributed by atoms with Gasteiger partial charge in [-0.25, -0.2) is 0 Å². The summed E-state index contributed by atoms with van der Waals surface area (Å²) < 4.78 is 0.164. The van der Waals surface area contributed by atoms with Crippen LogP contribution in [0.1, 0.15) is 5.56 Å². The highest BCUT2D eigenvalue weighted by Gasteiger charge is 2.14. The van der Waals surface area contributed by atoms with Crippen LogP contribution < -0.4 is 0 Å². The maximum atomic E-state index is 9.43. The number of alkyl halides is 2. The van der Waals surface area contributed by atoms with E-state index in [1.54, 1.807) is 12.4 Å². The van der Waals surface area contributed by atoms with E-state index in [2.05, 4.69) is 27.6 Å². The number of hydrogen-bond acceptors (Lipinski definition) is 2. The van der Waals surface area contributed by atoms with Crippen molar-refractivity contribution in [2.75, 3.05) is 5.88 Å². The third-order valence-corrected chi connectivity index (χ3v) is 3.34. The third-order valence-electron chi connectivity index (χ3n) is 1.76. The van der Waals surface area contributed by atoms with Crippen molar-refractivity contribution in [2.45, 2.75) is 16.4 Å². The Labute approximate surface area is 96.5 Å². The molecule has 0 aromatic carbocycles. The van der Waals surface area contributed by atoms with Crippen LogP contribution in [0.15, 0.2) is 24.5 Å². The number of aliphatic hydroxyl groups excluding tert-OH is 1. The minimum Gasteiger partial charge on any atom is -0.391 e. The standard InChI is InChI=1S/C9H11ClINO/c10-6-9(13)8(11)5-7-1-3-12-4-2-7/h1-4,8-9,13H,5-6H2/t8-,9-/m0/s1. The summed E-state index contributed by atoms with van der Waals surface area (Å²) in [5.41, 5.74) is 1.18. The summed E-state index contributed by atoms with van der Waals surface area (Å²) in [5.74, 6) is 0.290. The van der Waals surface area contributed by atoms with Gasteiger partial charge >= 0.3 is 0 Å². The van der Waals surface area contributed by atoms with Gasteiger partial charge in [-0.05, 0) is 24.1 Å². The average molecular weight is 312 g/mol. The van der Waals surface area contributed by atoms with Crippen LogP contribution in [0.5, 0.6) is 0 Å². The Morgan fingerprint density at radius 2 is 2.08 bits per heavy atom. The lowest BCUT2D eigenvalue weighted by atomic mass is 10.1. The molecule has 0 fully saturated rings. The van der Waals surface area contributed by atoms with Crippen LogP contribution in [-0.4, -0.2) is 26.0 Å². The zero-order valence-corrected chi connectivity index (χ0v) is 9.94. The van der Waals surface area contributed by atoms with Crippen LogP contribution in [0, 0.1) is 0 Å². The summed E-state index contributed by atoms with van der Waals surface area (Å²) in [5, 5.41) is 9.43. The number of hydrogen-bond donors (Lipinski definition) is 1. The Bertz CT molecular complexity index is 245. The largest absolute Gasteiger partial charge is 0.391 e. The molecule has 1 aromatic rings. The predicted octanol–water partition coefficient (Wildman–Crippen LogP) is 2.03. The Balaban J connectivity index is 2.50. The smallest absolute Gasteiger partial charge is 0.0796 e. The maximum Gasteiger partial charge on any atom is 0.0796 e. The zero-order chi connectivity index (χ0) is 9.68. The van der Waals surface area contributed by atoms with Gasteiger partial charge in [-0.3, -0.25) is 4.98 Å². The van der Waals surface area contributed by atoms with E-state index in [4.69, 9.17) is 11.6 Å². The van der Waals surface area contributed by atoms with E-state index in [0.29, 0.717) is 5.88 Å². The summed E-state index contributed by atoms with van der Waals surface area (Å²) >= 11 is 7.76. The third kappa shape index (κ3) is 3.79. The van der Waals surface area contributed by atoms with Crippen molar-refractivity contribution in [2.24, 2.45) is 0 Å². The lowest BCUT2D eigenvalue weighted by Gasteiger charge is -2.14. The van der Waals surface area contributed by atoms with Crippen LogP contribution in [0.3, 0.4) is 0 Å². The second-order valence-electron chi connectivity index (χ2n) is 2.80. The molecule has 0 aliphatic carbocycles. The fraction of sp³-hybridized carbons (Fsp3) is 0.444. The van der Waals surface area contributed by atoms with Crippen molar-refractivity contribution in [3.63, 3.8) is 0 Å². The first-order chi connectivity index (χ1) is 6.24. The van der Waals surface area contributed by atoms with Gasteiger partial charge in [0.05, 0.1) is 6.10 Å². The van der Waals surface area contributed by atoms with E-state index in [1.807, 2.05) is 12.1 Å². The lowest BCUT2D eigenvalue weighted by Crippen LogP contribution is -2.23. The molecule has 0 aliphatic heterocycles. The zero-order valence-electron chi connectivity index (χ0n) is 7.03. The molecule has 13 heavy (non-hydrogen) atoms. The molecule has 72 valence electrons. The molecule has 0 radical (unpaired) electrons. The highest BCUT2D eigenvalue weighted by atomic mass is 127. The first-order valence-corrected chi connectivity index (χ1v) is 5.79. The van der Waals surface area contributed by atoms with Crippen LogP contribution >= 0.6 is 34.2 Å². The highest BCUT2D eigenvalue weighted by Crippen LogP contribution is 2.14. The molecule has 2 atom stereocenters. The van der Waals surface area contributed by atoms with Gasteiger partial charge in [-0.2, -0.15) is 0 Å². The van der Waals surface area contributed by atoms with Crippen LogP contribution in [0.25, 0.3) is 0 Å². The molecular formula is C9H11ClINO. The molecule has 0 amide bonds. The Hall–Kier alpha value is 0.130. The first kappa shape index (κ1) is 11.2. The number of aliphatic hydroxyl groups is 1. The van der Waals surface area contributed by atoms with Gasteiger partial charge < -0.3 is 5.11 Å². The summed E-state index contributed by atoms with van der Waals surface area (Å²) in [6.45, 7) is 0. The molecular weight excluding hydrogens is 300 g/mol. The number of halogens is 2. The number of aromatic nitrogens is 1. The van der Waals surface area contributed by atoms with Crippen LogP contribution in [0.4, 0.5) is 0 Å². The fourth-order valence-electron chi connectivity index (χ4n) is 0.977. The summed E-state index contributed by atoms with van der Waals surface area (Å²) in [6.07, 6.45) is 3.91. The summed E-state index contributed by atoms with van der Waals surface area (Å²) in [7, 11) is 0. The van der Waals surface area contributed by atoms with Crippen molar-refractivity contribution in [3.05, 3.63) is 30.1 Å². The molecule has 0 unspecified atom stereocenters. The van der Waals surface area contributed by atoms with Gasteiger partial charge in [-0.1, -0.05) is 22.6 Å².